The Morgan fingerprint density at radius 3 is 1.68 bits per heavy atom. The predicted molar refractivity (Wildman–Crippen MR) is 231 cm³/mol. The van der Waals surface area contributed by atoms with Crippen LogP contribution in [0.2, 0.25) is 0 Å². The Labute approximate surface area is 388 Å². The molecule has 18 heteroatoms. The molecule has 8 rings (SSSR count). The fraction of sp³-hybridized carbons (Fsp3) is 0.938. The molecule has 24 atom stereocenters. The minimum absolute atomic E-state index is 0.00284. The van der Waals surface area contributed by atoms with Crippen molar-refractivity contribution in [2.24, 2.45) is 16.7 Å². The molecule has 0 unspecified atom stereocenters. The van der Waals surface area contributed by atoms with E-state index in [4.69, 9.17) is 52.1 Å². The molecule has 8 aliphatic rings. The molecule has 0 bridgehead atoms. The van der Waals surface area contributed by atoms with Crippen LogP contribution in [-0.2, 0) is 56.9 Å². The van der Waals surface area contributed by atoms with Gasteiger partial charge in [-0.25, -0.2) is 0 Å². The van der Waals surface area contributed by atoms with Gasteiger partial charge in [0.25, 0.3) is 0 Å². The van der Waals surface area contributed by atoms with Gasteiger partial charge in [0.1, 0.15) is 41.2 Å². The van der Waals surface area contributed by atoms with Crippen LogP contribution in [0.5, 0.6) is 0 Å². The van der Waals surface area contributed by atoms with Gasteiger partial charge in [-0.2, -0.15) is 0 Å². The number of hydrogen-bond acceptors (Lipinski definition) is 18. The number of fused-ring (bicyclic) bond motifs is 5. The summed E-state index contributed by atoms with van der Waals surface area (Å²) in [5.41, 5.74) is -6.62. The topological polar surface area (TPSA) is 240 Å². The summed E-state index contributed by atoms with van der Waals surface area (Å²) < 4.78 is 68.1. The molecule has 0 amide bonds. The van der Waals surface area contributed by atoms with Gasteiger partial charge in [-0.05, 0) is 85.0 Å². The van der Waals surface area contributed by atoms with E-state index in [1.807, 2.05) is 26.8 Å². The van der Waals surface area contributed by atoms with E-state index in [-0.39, 0.29) is 44.3 Å². The predicted octanol–water partition coefficient (Wildman–Crippen LogP) is 2.32. The minimum Gasteiger partial charge on any atom is -0.392 e. The van der Waals surface area contributed by atoms with Gasteiger partial charge in [-0.15, -0.1) is 0 Å². The van der Waals surface area contributed by atoms with Crippen LogP contribution in [0, 0.1) is 16.7 Å². The second kappa shape index (κ2) is 19.1. The monoisotopic (exact) mass is 943 g/mol. The Hall–Kier alpha value is -1.27. The maximum absolute atomic E-state index is 12.8. The quantitative estimate of drug-likeness (QED) is 0.154. The molecule has 0 aromatic rings. The third-order valence-corrected chi connectivity index (χ3v) is 17.9. The summed E-state index contributed by atoms with van der Waals surface area (Å²) in [4.78, 5) is 12.8. The third-order valence-electron chi connectivity index (χ3n) is 17.9. The Kier molecular flexibility index (Phi) is 14.7. The molecule has 7 fully saturated rings. The van der Waals surface area contributed by atoms with E-state index < -0.39 is 138 Å². The average molecular weight is 943 g/mol. The molecule has 18 nitrogen and oxygen atoms in total. The Morgan fingerprint density at radius 2 is 1.15 bits per heavy atom. The van der Waals surface area contributed by atoms with Crippen LogP contribution in [0.25, 0.3) is 0 Å². The van der Waals surface area contributed by atoms with E-state index in [0.717, 1.165) is 5.57 Å². The van der Waals surface area contributed by atoms with Crippen molar-refractivity contribution in [1.29, 1.82) is 0 Å². The van der Waals surface area contributed by atoms with Crippen molar-refractivity contribution in [2.45, 2.75) is 247 Å². The second-order valence-corrected chi connectivity index (χ2v) is 21.3. The zero-order chi connectivity index (χ0) is 47.9. The third kappa shape index (κ3) is 8.40. The number of ketones is 1. The number of carbonyl (C=O) groups is 1. The van der Waals surface area contributed by atoms with E-state index in [1.54, 1.807) is 35.2 Å². The number of carbonyl (C=O) groups excluding carboxylic acids is 1. The van der Waals surface area contributed by atoms with Gasteiger partial charge in [0, 0.05) is 52.9 Å². The molecule has 0 aromatic heterocycles. The van der Waals surface area contributed by atoms with Gasteiger partial charge in [-0.1, -0.05) is 25.5 Å². The molecular weight excluding hydrogens is 865 g/mol. The SMILES string of the molecule is CO[C@H]1C[C@H](O[C@H]2[C@@H](OC)C[C@H](O[C@@H]3[C@H](C)O[C@@H](O[C@H]4CC[C@@]5(C)C(=CC[C@]6(O)[C@@H]5C[C@H](O)[C@]5(C)[C@]6(O)CC[C@@]5(O)C(C)=O)C4)C[C@@H]3O)O[C@@H]2C)O[C@@H](C)[C@H]1O[C@H]1C[C@@H](OC)[C@@H](O)[C@@H](C)O1. The normalized spacial score (nSPS) is 54.2. The van der Waals surface area contributed by atoms with Gasteiger partial charge in [-0.3, -0.25) is 4.79 Å². The highest BCUT2D eigenvalue weighted by atomic mass is 16.8. The van der Waals surface area contributed by atoms with Gasteiger partial charge >= 0.3 is 0 Å². The Bertz CT molecular complexity index is 1740. The van der Waals surface area contributed by atoms with E-state index in [9.17, 15) is 35.4 Å². The van der Waals surface area contributed by atoms with Crippen molar-refractivity contribution in [1.82, 2.24) is 0 Å². The first kappa shape index (κ1) is 51.1. The van der Waals surface area contributed by atoms with E-state index in [1.165, 1.54) is 6.92 Å². The van der Waals surface area contributed by atoms with Crippen LogP contribution in [0.4, 0.5) is 0 Å². The summed E-state index contributed by atoms with van der Waals surface area (Å²) in [7, 11) is 4.79. The summed E-state index contributed by atoms with van der Waals surface area (Å²) in [5, 5.41) is 70.0. The second-order valence-electron chi connectivity index (χ2n) is 21.3. The van der Waals surface area contributed by atoms with Gasteiger partial charge in [0.15, 0.2) is 30.9 Å². The molecule has 0 aromatic carbocycles. The minimum atomic E-state index is -1.95. The summed E-state index contributed by atoms with van der Waals surface area (Å²) in [6, 6.07) is 0. The highest BCUT2D eigenvalue weighted by Crippen LogP contribution is 2.70. The lowest BCUT2D eigenvalue weighted by molar-refractivity contribution is -0.346. The molecule has 0 radical (unpaired) electrons. The van der Waals surface area contributed by atoms with Gasteiger partial charge in [0.05, 0.1) is 66.5 Å². The number of hydrogen-bond donors (Lipinski definition) is 6. The molecule has 4 aliphatic carbocycles. The van der Waals surface area contributed by atoms with Crippen molar-refractivity contribution in [3.05, 3.63) is 11.6 Å². The van der Waals surface area contributed by atoms with Crippen molar-refractivity contribution < 1.29 is 87.5 Å². The van der Waals surface area contributed by atoms with Crippen molar-refractivity contribution in [2.75, 3.05) is 21.3 Å². The molecule has 4 heterocycles. The zero-order valence-corrected chi connectivity index (χ0v) is 40.4. The lowest BCUT2D eigenvalue weighted by atomic mass is 9.42. The molecule has 378 valence electrons. The van der Waals surface area contributed by atoms with Crippen LogP contribution in [0.1, 0.15) is 119 Å². The van der Waals surface area contributed by atoms with Crippen LogP contribution < -0.4 is 0 Å². The van der Waals surface area contributed by atoms with E-state index in [0.29, 0.717) is 38.5 Å². The standard InChI is InChI=1S/C48H78O18/c1-23-40(52)31(56-8)19-37(59-23)65-42-26(4)62-39(21-33(42)58-10)66-43-25(3)61-38(20-32(43)57-9)64-41-24(2)60-36(18-30(41)50)63-29-12-13-44(6)28(17-29)11-14-47(54)34(44)22-35(51)45(7)46(53,27(5)49)15-16-48(45,47)55/h11,23-26,29-43,50-55H,12-22H2,1-10H3/t23-,24+,25-,26+,29+,30+,31-,32+,33+,34-,35+,36+,37+,38+,39+,40+,41-,42-,43-,44+,45+,46-,47+,48-/m1/s1. The summed E-state index contributed by atoms with van der Waals surface area (Å²) in [6.07, 6.45) is -5.43. The number of methoxy groups -OCH3 is 3. The number of aliphatic hydroxyl groups excluding tert-OH is 3. The number of rotatable bonds is 12. The molecule has 66 heavy (non-hydrogen) atoms. The lowest BCUT2D eigenvalue weighted by Crippen LogP contribution is -2.78. The molecular formula is C48H78O18. The number of aliphatic hydroxyl groups is 6. The molecule has 4 aliphatic heterocycles. The van der Waals surface area contributed by atoms with Crippen LogP contribution in [0.15, 0.2) is 11.6 Å². The molecule has 6 N–H and O–H groups in total. The molecule has 4 saturated heterocycles. The summed E-state index contributed by atoms with van der Waals surface area (Å²) in [5.74, 6) is -1.04. The summed E-state index contributed by atoms with van der Waals surface area (Å²) in [6.45, 7) is 12.3. The van der Waals surface area contributed by atoms with Crippen LogP contribution >= 0.6 is 0 Å². The van der Waals surface area contributed by atoms with E-state index in [2.05, 4.69) is 6.92 Å². The number of ether oxygens (including phenoxy) is 11. The van der Waals surface area contributed by atoms with E-state index >= 15 is 0 Å². The summed E-state index contributed by atoms with van der Waals surface area (Å²) >= 11 is 0. The lowest BCUT2D eigenvalue weighted by Gasteiger charge is -2.66. The largest absolute Gasteiger partial charge is 0.392 e. The van der Waals surface area contributed by atoms with Crippen molar-refractivity contribution in [3.8, 4) is 0 Å². The average Bonchev–Trinajstić information content (AvgIpc) is 3.50. The first-order valence-electron chi connectivity index (χ1n) is 24.3. The smallest absolute Gasteiger partial charge is 0.162 e. The highest BCUT2D eigenvalue weighted by Gasteiger charge is 2.80. The Morgan fingerprint density at radius 1 is 0.652 bits per heavy atom. The molecule has 0 spiro atoms. The van der Waals surface area contributed by atoms with Crippen molar-refractivity contribution >= 4 is 5.78 Å². The fourth-order valence-corrected chi connectivity index (χ4v) is 13.7. The fourth-order valence-electron chi connectivity index (χ4n) is 13.7. The van der Waals surface area contributed by atoms with Crippen molar-refractivity contribution in [3.63, 3.8) is 0 Å². The first-order valence-corrected chi connectivity index (χ1v) is 24.3. The molecule has 3 saturated carbocycles. The van der Waals surface area contributed by atoms with Crippen LogP contribution in [0.3, 0.4) is 0 Å². The first-order chi connectivity index (χ1) is 31.1. The number of Topliss-reactive ketones (excluding diaryl/α,β-unsaturated/α-hetero) is 1. The maximum atomic E-state index is 12.8. The zero-order valence-electron chi connectivity index (χ0n) is 40.4. The van der Waals surface area contributed by atoms with Crippen LogP contribution in [-0.4, -0.2) is 185 Å². The maximum Gasteiger partial charge on any atom is 0.162 e. The highest BCUT2D eigenvalue weighted by molar-refractivity contribution is 5.87. The van der Waals surface area contributed by atoms with Gasteiger partial charge < -0.3 is 82.7 Å². The van der Waals surface area contributed by atoms with Gasteiger partial charge in [0.2, 0.25) is 0 Å². The Balaban J connectivity index is 0.834.